The van der Waals surface area contributed by atoms with Gasteiger partial charge in [-0.2, -0.15) is 0 Å². The van der Waals surface area contributed by atoms with E-state index in [9.17, 15) is 17.4 Å². The van der Waals surface area contributed by atoms with Crippen LogP contribution in [-0.2, 0) is 17.3 Å². The normalized spacial score (nSPS) is 12.8. The molecule has 0 amide bonds. The number of nitrogens with zero attached hydrogens (tertiary/aromatic N) is 1. The van der Waals surface area contributed by atoms with E-state index in [1.807, 2.05) is 0 Å². The number of guanidine groups is 1. The third-order valence-corrected chi connectivity index (χ3v) is 3.98. The predicted octanol–water partition coefficient (Wildman–Crippen LogP) is 3.87. The molecule has 0 saturated heterocycles. The smallest absolute Gasteiger partial charge is 0.406 e. The van der Waals surface area contributed by atoms with Crippen LogP contribution in [0.1, 0.15) is 5.56 Å². The van der Waals surface area contributed by atoms with Crippen LogP contribution in [0.15, 0.2) is 58.4 Å². The van der Waals surface area contributed by atoms with Crippen molar-refractivity contribution in [3.05, 3.63) is 54.1 Å². The molecule has 2 aromatic rings. The Balaban J connectivity index is 0.00000338. The summed E-state index contributed by atoms with van der Waals surface area (Å²) in [5, 5.41) is 2.77. The fourth-order valence-corrected chi connectivity index (χ4v) is 2.41. The predicted molar refractivity (Wildman–Crippen MR) is 106 cm³/mol. The molecule has 0 aliphatic heterocycles. The van der Waals surface area contributed by atoms with Crippen molar-refractivity contribution in [1.29, 1.82) is 0 Å². The highest BCUT2D eigenvalue weighted by atomic mass is 127. The summed E-state index contributed by atoms with van der Waals surface area (Å²) in [5.41, 5.74) is 7.11. The highest BCUT2D eigenvalue weighted by molar-refractivity contribution is 14.0. The van der Waals surface area contributed by atoms with E-state index in [-0.39, 0.29) is 35.7 Å². The Kier molecular flexibility index (Phi) is 8.34. The van der Waals surface area contributed by atoms with Gasteiger partial charge in [0.25, 0.3) is 0 Å². The maximum absolute atomic E-state index is 12.1. The number of ether oxygens (including phenoxy) is 1. The summed E-state index contributed by atoms with van der Waals surface area (Å²) >= 11 is 0. The topological polar surface area (TPSA) is 76.7 Å². The highest BCUT2D eigenvalue weighted by Crippen LogP contribution is 2.23. The SMILES string of the molecule is CS(=O)c1ccc(CN=C(N)Nc2ccc(OC(F)(F)F)cc2)cc1.I. The molecule has 0 bridgehead atoms. The molecule has 5 nitrogen and oxygen atoms in total. The summed E-state index contributed by atoms with van der Waals surface area (Å²) < 4.78 is 51.4. The molecule has 0 spiro atoms. The van der Waals surface area contributed by atoms with Gasteiger partial charge in [-0.1, -0.05) is 12.1 Å². The number of benzene rings is 2. The van der Waals surface area contributed by atoms with Crippen LogP contribution in [0, 0.1) is 0 Å². The summed E-state index contributed by atoms with van der Waals surface area (Å²) in [6, 6.07) is 12.3. The zero-order valence-electron chi connectivity index (χ0n) is 13.6. The minimum atomic E-state index is -4.73. The molecular formula is C16H17F3IN3O2S. The van der Waals surface area contributed by atoms with Gasteiger partial charge in [-0.3, -0.25) is 4.21 Å². The number of halogens is 4. The lowest BCUT2D eigenvalue weighted by Gasteiger charge is -2.10. The molecule has 0 aliphatic carbocycles. The number of nitrogens with one attached hydrogen (secondary N) is 1. The molecule has 26 heavy (non-hydrogen) atoms. The fourth-order valence-electron chi connectivity index (χ4n) is 1.89. The molecule has 0 radical (unpaired) electrons. The number of hydrogen-bond donors (Lipinski definition) is 2. The van der Waals surface area contributed by atoms with E-state index >= 15 is 0 Å². The van der Waals surface area contributed by atoms with E-state index < -0.39 is 17.2 Å². The molecule has 1 unspecified atom stereocenters. The summed E-state index contributed by atoms with van der Waals surface area (Å²) in [6.07, 6.45) is -3.13. The second-order valence-corrected chi connectivity index (χ2v) is 6.38. The Labute approximate surface area is 168 Å². The standard InChI is InChI=1S/C16H16F3N3O2S.HI/c1-25(23)14-8-2-11(3-9-14)10-21-15(20)22-12-4-6-13(7-5-12)24-16(17,18)19;/h2-9H,10H2,1H3,(H3,20,21,22);1H. The molecule has 0 saturated carbocycles. The Bertz CT molecular complexity index is 766. The van der Waals surface area contributed by atoms with E-state index in [1.54, 1.807) is 30.5 Å². The Hall–Kier alpha value is -1.82. The lowest BCUT2D eigenvalue weighted by molar-refractivity contribution is -0.274. The number of anilines is 1. The van der Waals surface area contributed by atoms with E-state index in [0.717, 1.165) is 10.5 Å². The molecule has 0 fully saturated rings. The van der Waals surface area contributed by atoms with E-state index in [4.69, 9.17) is 5.73 Å². The zero-order valence-corrected chi connectivity index (χ0v) is 16.8. The minimum Gasteiger partial charge on any atom is -0.406 e. The van der Waals surface area contributed by atoms with Crippen LogP contribution in [0.2, 0.25) is 0 Å². The first kappa shape index (κ1) is 22.2. The van der Waals surface area contributed by atoms with Gasteiger partial charge in [0.2, 0.25) is 0 Å². The van der Waals surface area contributed by atoms with Gasteiger partial charge in [0, 0.05) is 27.6 Å². The molecule has 3 N–H and O–H groups in total. The quantitative estimate of drug-likeness (QED) is 0.372. The largest absolute Gasteiger partial charge is 0.573 e. The van der Waals surface area contributed by atoms with Gasteiger partial charge in [-0.05, 0) is 42.0 Å². The van der Waals surface area contributed by atoms with Gasteiger partial charge in [0.1, 0.15) is 5.75 Å². The van der Waals surface area contributed by atoms with Crippen LogP contribution < -0.4 is 15.8 Å². The lowest BCUT2D eigenvalue weighted by Crippen LogP contribution is -2.22. The molecule has 2 rings (SSSR count). The highest BCUT2D eigenvalue weighted by Gasteiger charge is 2.30. The van der Waals surface area contributed by atoms with E-state index in [2.05, 4.69) is 15.0 Å². The van der Waals surface area contributed by atoms with Crippen molar-refractivity contribution in [2.45, 2.75) is 17.8 Å². The average Bonchev–Trinajstić information content (AvgIpc) is 2.54. The van der Waals surface area contributed by atoms with Crippen LogP contribution in [-0.4, -0.2) is 22.8 Å². The molecule has 10 heteroatoms. The Morgan fingerprint density at radius 2 is 1.73 bits per heavy atom. The first-order valence-corrected chi connectivity index (χ1v) is 8.64. The van der Waals surface area contributed by atoms with Gasteiger partial charge in [0.05, 0.1) is 6.54 Å². The van der Waals surface area contributed by atoms with Gasteiger partial charge >= 0.3 is 6.36 Å². The van der Waals surface area contributed by atoms with Gasteiger partial charge < -0.3 is 15.8 Å². The van der Waals surface area contributed by atoms with Crippen LogP contribution in [0.5, 0.6) is 5.75 Å². The van der Waals surface area contributed by atoms with Crippen molar-refractivity contribution >= 4 is 46.4 Å². The molecule has 2 aromatic carbocycles. The zero-order chi connectivity index (χ0) is 18.4. The molecule has 142 valence electrons. The Morgan fingerprint density at radius 3 is 2.23 bits per heavy atom. The number of nitrogens with two attached hydrogens (primary N) is 1. The lowest BCUT2D eigenvalue weighted by atomic mass is 10.2. The molecule has 1 atom stereocenters. The van der Waals surface area contributed by atoms with Gasteiger partial charge in [-0.25, -0.2) is 4.99 Å². The van der Waals surface area contributed by atoms with Crippen LogP contribution >= 0.6 is 24.0 Å². The summed E-state index contributed by atoms with van der Waals surface area (Å²) in [4.78, 5) is 4.86. The number of rotatable bonds is 5. The van der Waals surface area contributed by atoms with Gasteiger partial charge in [-0.15, -0.1) is 37.1 Å². The average molecular weight is 499 g/mol. The third kappa shape index (κ3) is 7.60. The number of alkyl halides is 3. The first-order chi connectivity index (χ1) is 11.7. The molecule has 0 heterocycles. The van der Waals surface area contributed by atoms with Crippen molar-refractivity contribution in [3.63, 3.8) is 0 Å². The molecule has 0 aromatic heterocycles. The third-order valence-electron chi connectivity index (χ3n) is 3.05. The second-order valence-electron chi connectivity index (χ2n) is 5.00. The van der Waals surface area contributed by atoms with Crippen molar-refractivity contribution in [3.8, 4) is 5.75 Å². The van der Waals surface area contributed by atoms with E-state index in [1.165, 1.54) is 24.3 Å². The summed E-state index contributed by atoms with van der Waals surface area (Å²) in [6.45, 7) is 0.310. The van der Waals surface area contributed by atoms with E-state index in [0.29, 0.717) is 12.2 Å². The first-order valence-electron chi connectivity index (χ1n) is 7.08. The number of aliphatic imine (C=N–C) groups is 1. The second kappa shape index (κ2) is 9.76. The summed E-state index contributed by atoms with van der Waals surface area (Å²) in [7, 11) is -1.04. The van der Waals surface area contributed by atoms with Crippen LogP contribution in [0.25, 0.3) is 0 Å². The Morgan fingerprint density at radius 1 is 1.15 bits per heavy atom. The summed E-state index contributed by atoms with van der Waals surface area (Å²) in [5.74, 6) is -0.199. The maximum atomic E-state index is 12.1. The molecular weight excluding hydrogens is 482 g/mol. The van der Waals surface area contributed by atoms with Crippen molar-refractivity contribution in [2.75, 3.05) is 11.6 Å². The maximum Gasteiger partial charge on any atom is 0.573 e. The minimum absolute atomic E-state index is 0. The van der Waals surface area contributed by atoms with Crippen molar-refractivity contribution < 1.29 is 22.1 Å². The van der Waals surface area contributed by atoms with Crippen LogP contribution in [0.3, 0.4) is 0 Å². The van der Waals surface area contributed by atoms with Gasteiger partial charge in [0.15, 0.2) is 5.96 Å². The van der Waals surface area contributed by atoms with Crippen LogP contribution in [0.4, 0.5) is 18.9 Å². The fraction of sp³-hybridized carbons (Fsp3) is 0.188. The monoisotopic (exact) mass is 499 g/mol. The molecule has 0 aliphatic rings. The van der Waals surface area contributed by atoms with Crippen molar-refractivity contribution in [1.82, 2.24) is 0 Å². The number of hydrogen-bond acceptors (Lipinski definition) is 3. The van der Waals surface area contributed by atoms with Crippen molar-refractivity contribution in [2.24, 2.45) is 10.7 Å².